The van der Waals surface area contributed by atoms with Crippen LogP contribution in [0, 0.1) is 0 Å². The lowest BCUT2D eigenvalue weighted by molar-refractivity contribution is -0.0497. The van der Waals surface area contributed by atoms with Gasteiger partial charge in [-0.25, -0.2) is 4.98 Å². The third kappa shape index (κ3) is 2.09. The summed E-state index contributed by atoms with van der Waals surface area (Å²) in [7, 11) is 0. The van der Waals surface area contributed by atoms with E-state index in [0.29, 0.717) is 11.0 Å². The van der Waals surface area contributed by atoms with Gasteiger partial charge in [0.1, 0.15) is 5.75 Å². The Kier molecular flexibility index (Phi) is 2.32. The van der Waals surface area contributed by atoms with E-state index >= 15 is 0 Å². The number of hydrogen-bond donors (Lipinski definition) is 1. The Morgan fingerprint density at radius 2 is 2.20 bits per heavy atom. The second-order valence-corrected chi connectivity index (χ2v) is 2.80. The fourth-order valence-corrected chi connectivity index (χ4v) is 1.19. The number of rotatable bonds is 2. The maximum atomic E-state index is 11.9. The SMILES string of the molecule is O=c1cnc2cc(OC(F)F)ccc2[nH]1. The number of ether oxygens (including phenoxy) is 1. The zero-order valence-corrected chi connectivity index (χ0v) is 7.41. The molecule has 2 rings (SSSR count). The maximum absolute atomic E-state index is 11.9. The van der Waals surface area contributed by atoms with Crippen molar-refractivity contribution < 1.29 is 13.5 Å². The van der Waals surface area contributed by atoms with Crippen LogP contribution in [-0.2, 0) is 0 Å². The van der Waals surface area contributed by atoms with Crippen molar-refractivity contribution in [3.8, 4) is 5.75 Å². The summed E-state index contributed by atoms with van der Waals surface area (Å²) in [6.45, 7) is -2.87. The summed E-state index contributed by atoms with van der Waals surface area (Å²) in [5.41, 5.74) is 0.530. The van der Waals surface area contributed by atoms with Crippen LogP contribution in [0.5, 0.6) is 5.75 Å². The van der Waals surface area contributed by atoms with E-state index in [1.807, 2.05) is 0 Å². The van der Waals surface area contributed by atoms with E-state index in [2.05, 4.69) is 14.7 Å². The molecule has 0 fully saturated rings. The fourth-order valence-electron chi connectivity index (χ4n) is 1.19. The highest BCUT2D eigenvalue weighted by molar-refractivity contribution is 5.75. The first-order valence-corrected chi connectivity index (χ1v) is 4.09. The van der Waals surface area contributed by atoms with Gasteiger partial charge >= 0.3 is 6.61 Å². The molecule has 4 nitrogen and oxygen atoms in total. The Hall–Kier alpha value is -1.98. The van der Waals surface area contributed by atoms with E-state index in [-0.39, 0.29) is 11.3 Å². The molecule has 1 heterocycles. The molecule has 15 heavy (non-hydrogen) atoms. The summed E-state index contributed by atoms with van der Waals surface area (Å²) < 4.78 is 28.0. The summed E-state index contributed by atoms with van der Waals surface area (Å²) in [6, 6.07) is 4.13. The van der Waals surface area contributed by atoms with Crippen LogP contribution < -0.4 is 10.3 Å². The normalized spacial score (nSPS) is 10.9. The van der Waals surface area contributed by atoms with Crippen molar-refractivity contribution >= 4 is 11.0 Å². The molecule has 78 valence electrons. The van der Waals surface area contributed by atoms with Gasteiger partial charge in [-0.3, -0.25) is 4.79 Å². The average molecular weight is 212 g/mol. The van der Waals surface area contributed by atoms with Crippen LogP contribution in [-0.4, -0.2) is 16.6 Å². The first kappa shape index (κ1) is 9.57. The minimum absolute atomic E-state index is 0.0112. The van der Waals surface area contributed by atoms with Crippen LogP contribution in [0.15, 0.2) is 29.2 Å². The molecule has 1 aromatic carbocycles. The molecule has 0 bridgehead atoms. The Balaban J connectivity index is 2.47. The number of hydrogen-bond acceptors (Lipinski definition) is 3. The lowest BCUT2D eigenvalue weighted by atomic mass is 10.3. The number of H-pyrrole nitrogens is 1. The van der Waals surface area contributed by atoms with Crippen LogP contribution >= 0.6 is 0 Å². The Morgan fingerprint density at radius 1 is 1.40 bits per heavy atom. The van der Waals surface area contributed by atoms with Crippen LogP contribution in [0.25, 0.3) is 11.0 Å². The molecular weight excluding hydrogens is 206 g/mol. The van der Waals surface area contributed by atoms with E-state index in [4.69, 9.17) is 0 Å². The number of fused-ring (bicyclic) bond motifs is 1. The lowest BCUT2D eigenvalue weighted by Crippen LogP contribution is -2.06. The lowest BCUT2D eigenvalue weighted by Gasteiger charge is -2.04. The number of aromatic amines is 1. The number of aromatic nitrogens is 2. The second kappa shape index (κ2) is 3.64. The van der Waals surface area contributed by atoms with Crippen molar-refractivity contribution in [2.45, 2.75) is 6.61 Å². The monoisotopic (exact) mass is 212 g/mol. The number of nitrogens with one attached hydrogen (secondary N) is 1. The van der Waals surface area contributed by atoms with Gasteiger partial charge < -0.3 is 9.72 Å². The van der Waals surface area contributed by atoms with Crippen molar-refractivity contribution in [3.63, 3.8) is 0 Å². The largest absolute Gasteiger partial charge is 0.435 e. The molecule has 0 unspecified atom stereocenters. The Bertz CT molecular complexity index is 539. The molecule has 2 aromatic rings. The van der Waals surface area contributed by atoms with Crippen molar-refractivity contribution in [2.24, 2.45) is 0 Å². The standard InChI is InChI=1S/C9H6F2N2O2/c10-9(11)15-5-1-2-6-7(3-5)12-4-8(14)13-6/h1-4,9H,(H,13,14). The van der Waals surface area contributed by atoms with Crippen LogP contribution in [0.1, 0.15) is 0 Å². The van der Waals surface area contributed by atoms with Gasteiger partial charge in [0.05, 0.1) is 17.2 Å². The summed E-state index contributed by atoms with van der Waals surface area (Å²) >= 11 is 0. The number of halogens is 2. The van der Waals surface area contributed by atoms with Crippen LogP contribution in [0.4, 0.5) is 8.78 Å². The minimum Gasteiger partial charge on any atom is -0.435 e. The van der Waals surface area contributed by atoms with E-state index < -0.39 is 6.61 Å². The second-order valence-electron chi connectivity index (χ2n) is 2.80. The third-order valence-corrected chi connectivity index (χ3v) is 1.77. The molecule has 0 spiro atoms. The topological polar surface area (TPSA) is 55.0 Å². The minimum atomic E-state index is -2.87. The zero-order chi connectivity index (χ0) is 10.8. The van der Waals surface area contributed by atoms with E-state index in [1.54, 1.807) is 0 Å². The first-order valence-electron chi connectivity index (χ1n) is 4.09. The third-order valence-electron chi connectivity index (χ3n) is 1.77. The molecule has 0 aliphatic heterocycles. The average Bonchev–Trinajstić information content (AvgIpc) is 2.17. The smallest absolute Gasteiger partial charge is 0.387 e. The van der Waals surface area contributed by atoms with Crippen molar-refractivity contribution in [1.29, 1.82) is 0 Å². The molecule has 0 atom stereocenters. The molecule has 0 aliphatic carbocycles. The number of alkyl halides is 2. The number of benzene rings is 1. The fraction of sp³-hybridized carbons (Fsp3) is 0.111. The van der Waals surface area contributed by atoms with Gasteiger partial charge in [-0.15, -0.1) is 0 Å². The molecule has 6 heteroatoms. The highest BCUT2D eigenvalue weighted by atomic mass is 19.3. The van der Waals surface area contributed by atoms with Gasteiger partial charge in [0.25, 0.3) is 5.56 Å². The van der Waals surface area contributed by atoms with E-state index in [1.165, 1.54) is 18.2 Å². The van der Waals surface area contributed by atoms with Gasteiger partial charge in [-0.2, -0.15) is 8.78 Å². The molecule has 1 N–H and O–H groups in total. The summed E-state index contributed by atoms with van der Waals surface area (Å²) in [5, 5.41) is 0. The molecule has 0 radical (unpaired) electrons. The Morgan fingerprint density at radius 3 is 2.93 bits per heavy atom. The quantitative estimate of drug-likeness (QED) is 0.821. The van der Waals surface area contributed by atoms with E-state index in [0.717, 1.165) is 6.20 Å². The Labute approximate surface area is 82.5 Å². The maximum Gasteiger partial charge on any atom is 0.387 e. The highest BCUT2D eigenvalue weighted by Gasteiger charge is 2.05. The molecule has 1 aromatic heterocycles. The van der Waals surface area contributed by atoms with Gasteiger partial charge in [-0.05, 0) is 12.1 Å². The number of nitrogens with zero attached hydrogens (tertiary/aromatic N) is 1. The molecule has 0 saturated heterocycles. The van der Waals surface area contributed by atoms with E-state index in [9.17, 15) is 13.6 Å². The molecular formula is C9H6F2N2O2. The predicted molar refractivity (Wildman–Crippen MR) is 49.0 cm³/mol. The van der Waals surface area contributed by atoms with Gasteiger partial charge in [0.2, 0.25) is 0 Å². The van der Waals surface area contributed by atoms with Crippen molar-refractivity contribution in [3.05, 3.63) is 34.7 Å². The zero-order valence-electron chi connectivity index (χ0n) is 7.41. The predicted octanol–water partition coefficient (Wildman–Crippen LogP) is 1.52. The van der Waals surface area contributed by atoms with Gasteiger partial charge in [-0.1, -0.05) is 0 Å². The highest BCUT2D eigenvalue weighted by Crippen LogP contribution is 2.18. The van der Waals surface area contributed by atoms with Crippen LogP contribution in [0.2, 0.25) is 0 Å². The molecule has 0 aliphatic rings. The molecule has 0 amide bonds. The first-order chi connectivity index (χ1) is 7.15. The van der Waals surface area contributed by atoms with Crippen LogP contribution in [0.3, 0.4) is 0 Å². The van der Waals surface area contributed by atoms with Crippen molar-refractivity contribution in [2.75, 3.05) is 0 Å². The summed E-state index contributed by atoms with van der Waals surface area (Å²) in [4.78, 5) is 17.2. The van der Waals surface area contributed by atoms with Gasteiger partial charge in [0.15, 0.2) is 0 Å². The van der Waals surface area contributed by atoms with Gasteiger partial charge in [0, 0.05) is 6.07 Å². The summed E-state index contributed by atoms with van der Waals surface area (Å²) in [6.07, 6.45) is 1.08. The molecule has 0 saturated carbocycles. The van der Waals surface area contributed by atoms with Crippen molar-refractivity contribution in [1.82, 2.24) is 9.97 Å². The summed E-state index contributed by atoms with van der Waals surface area (Å²) in [5.74, 6) is 0.0112.